The summed E-state index contributed by atoms with van der Waals surface area (Å²) in [6.07, 6.45) is 2.86. The zero-order valence-corrected chi connectivity index (χ0v) is 21.9. The maximum absolute atomic E-state index is 13.3. The molecule has 1 fully saturated rings. The first-order chi connectivity index (χ1) is 16.3. The van der Waals surface area contributed by atoms with E-state index in [9.17, 15) is 24.0 Å². The number of hydrogen-bond acceptors (Lipinski definition) is 7. The Morgan fingerprint density at radius 2 is 1.91 bits per heavy atom. The molecule has 10 heteroatoms. The van der Waals surface area contributed by atoms with E-state index in [1.54, 1.807) is 39.0 Å². The van der Waals surface area contributed by atoms with Crippen molar-refractivity contribution in [2.24, 2.45) is 5.92 Å². The van der Waals surface area contributed by atoms with Crippen LogP contribution in [-0.4, -0.2) is 43.9 Å². The number of pyridine rings is 1. The Hall–Kier alpha value is -2.51. The van der Waals surface area contributed by atoms with Gasteiger partial charge in [-0.15, -0.1) is 0 Å². The maximum Gasteiger partial charge on any atom is 0.329 e. The molecule has 1 unspecified atom stereocenters. The van der Waals surface area contributed by atoms with Gasteiger partial charge in [-0.25, -0.2) is 4.79 Å². The molecule has 0 amide bonds. The monoisotopic (exact) mass is 522 g/mol. The zero-order valence-electron chi connectivity index (χ0n) is 20.3. The predicted molar refractivity (Wildman–Crippen MR) is 137 cm³/mol. The molecular formula is C25H31ClN2O6S. The Morgan fingerprint density at radius 1 is 1.26 bits per heavy atom. The average molecular weight is 523 g/mol. The van der Waals surface area contributed by atoms with Crippen LogP contribution < -0.4 is 10.3 Å². The fourth-order valence-corrected chi connectivity index (χ4v) is 5.98. The molecular weight excluding hydrogens is 492 g/mol. The smallest absolute Gasteiger partial charge is 0.329 e. The lowest BCUT2D eigenvalue weighted by Gasteiger charge is -2.40. The van der Waals surface area contributed by atoms with Gasteiger partial charge in [-0.05, 0) is 64.2 Å². The molecule has 3 rings (SSSR count). The number of rotatable bonds is 6. The summed E-state index contributed by atoms with van der Waals surface area (Å²) in [6.45, 7) is 5.27. The van der Waals surface area contributed by atoms with Crippen molar-refractivity contribution < 1.29 is 23.4 Å². The lowest BCUT2D eigenvalue weighted by atomic mass is 9.93. The van der Waals surface area contributed by atoms with Crippen molar-refractivity contribution in [1.82, 2.24) is 4.57 Å². The number of esters is 1. The molecule has 1 aromatic carbocycles. The van der Waals surface area contributed by atoms with E-state index in [1.807, 2.05) is 0 Å². The molecule has 1 saturated heterocycles. The van der Waals surface area contributed by atoms with Gasteiger partial charge in [0.25, 0.3) is 5.56 Å². The lowest BCUT2D eigenvalue weighted by Crippen LogP contribution is -2.36. The summed E-state index contributed by atoms with van der Waals surface area (Å²) in [5.41, 5.74) is -0.0434. The van der Waals surface area contributed by atoms with Gasteiger partial charge in [0.1, 0.15) is 17.4 Å². The standard InChI is InChI=1S/C25H31ClN2O6S/c1-25(2,3)34-24(30)21(11-16-7-9-35(31,32)10-8-16)28-15-22(33-4)20(13-23(28)29)19-12-18(26)6-5-17(19)14-27/h5-6,12-13,15-16,21,31-32H,7-11H2,1-4H3. The molecule has 0 saturated carbocycles. The highest BCUT2D eigenvalue weighted by Crippen LogP contribution is 2.47. The molecule has 1 aromatic heterocycles. The molecule has 0 bridgehead atoms. The zero-order chi connectivity index (χ0) is 26.0. The first kappa shape index (κ1) is 27.1. The Balaban J connectivity index is 2.06. The van der Waals surface area contributed by atoms with Gasteiger partial charge in [-0.2, -0.15) is 15.9 Å². The normalized spacial score (nSPS) is 17.8. The second-order valence-electron chi connectivity index (χ2n) is 9.74. The number of carbonyl (C=O) groups is 1. The van der Waals surface area contributed by atoms with Gasteiger partial charge in [0, 0.05) is 33.7 Å². The Kier molecular flexibility index (Phi) is 8.22. The van der Waals surface area contributed by atoms with Crippen LogP contribution >= 0.6 is 22.2 Å². The molecule has 2 N–H and O–H groups in total. The van der Waals surface area contributed by atoms with Crippen LogP contribution in [0.2, 0.25) is 5.02 Å². The van der Waals surface area contributed by atoms with Crippen LogP contribution in [0.25, 0.3) is 11.1 Å². The third-order valence-electron chi connectivity index (χ3n) is 5.93. The van der Waals surface area contributed by atoms with Crippen molar-refractivity contribution in [2.45, 2.75) is 51.7 Å². The van der Waals surface area contributed by atoms with Crippen molar-refractivity contribution in [3.05, 3.63) is 51.4 Å². The number of ether oxygens (including phenoxy) is 2. The highest BCUT2D eigenvalue weighted by molar-refractivity contribution is 8.24. The number of benzene rings is 1. The summed E-state index contributed by atoms with van der Waals surface area (Å²) < 4.78 is 32.4. The van der Waals surface area contributed by atoms with E-state index in [0.29, 0.717) is 46.7 Å². The van der Waals surface area contributed by atoms with Gasteiger partial charge in [0.15, 0.2) is 0 Å². The lowest BCUT2D eigenvalue weighted by molar-refractivity contribution is -0.159. The van der Waals surface area contributed by atoms with Crippen molar-refractivity contribution in [3.8, 4) is 22.9 Å². The molecule has 0 spiro atoms. The van der Waals surface area contributed by atoms with E-state index in [0.717, 1.165) is 0 Å². The third kappa shape index (κ3) is 6.79. The van der Waals surface area contributed by atoms with Crippen LogP contribution in [0.4, 0.5) is 0 Å². The summed E-state index contributed by atoms with van der Waals surface area (Å²) in [5.74, 6) is 0.327. The number of halogens is 1. The van der Waals surface area contributed by atoms with Gasteiger partial charge >= 0.3 is 5.97 Å². The minimum absolute atomic E-state index is 0.0168. The summed E-state index contributed by atoms with van der Waals surface area (Å²) in [7, 11) is -1.13. The van der Waals surface area contributed by atoms with Gasteiger partial charge in [-0.1, -0.05) is 11.6 Å². The van der Waals surface area contributed by atoms with Crippen molar-refractivity contribution in [3.63, 3.8) is 0 Å². The minimum Gasteiger partial charge on any atom is -0.495 e. The Bertz CT molecular complexity index is 1190. The second-order valence-corrected chi connectivity index (χ2v) is 12.6. The Labute approximate surface area is 211 Å². The van der Waals surface area contributed by atoms with Crippen LogP contribution in [0.1, 0.15) is 51.6 Å². The first-order valence-electron chi connectivity index (χ1n) is 11.3. The molecule has 8 nitrogen and oxygen atoms in total. The van der Waals surface area contributed by atoms with Gasteiger partial charge in [-0.3, -0.25) is 18.5 Å². The van der Waals surface area contributed by atoms with Crippen molar-refractivity contribution >= 4 is 28.2 Å². The van der Waals surface area contributed by atoms with Crippen LogP contribution in [0.5, 0.6) is 5.75 Å². The summed E-state index contributed by atoms with van der Waals surface area (Å²) in [6, 6.07) is 7.26. The number of carbonyl (C=O) groups excluding carboxylic acids is 1. The number of nitriles is 1. The van der Waals surface area contributed by atoms with E-state index in [4.69, 9.17) is 21.1 Å². The van der Waals surface area contributed by atoms with Crippen LogP contribution in [0, 0.1) is 17.2 Å². The fraction of sp³-hybridized carbons (Fsp3) is 0.480. The second kappa shape index (κ2) is 10.6. The molecule has 1 aliphatic rings. The van der Waals surface area contributed by atoms with Crippen molar-refractivity contribution in [2.75, 3.05) is 18.6 Å². The van der Waals surface area contributed by atoms with Gasteiger partial charge in [0.05, 0.1) is 24.9 Å². The SMILES string of the molecule is COc1cn(C(CC2CCS(O)(O)CC2)C(=O)OC(C)(C)C)c(=O)cc1-c1cc(Cl)ccc1C#N. The largest absolute Gasteiger partial charge is 0.495 e. The van der Waals surface area contributed by atoms with Gasteiger partial charge < -0.3 is 9.47 Å². The fourth-order valence-electron chi connectivity index (χ4n) is 4.18. The number of hydrogen-bond donors (Lipinski definition) is 2. The molecule has 2 aromatic rings. The predicted octanol–water partition coefficient (Wildman–Crippen LogP) is 5.48. The van der Waals surface area contributed by atoms with Crippen LogP contribution in [-0.2, 0) is 9.53 Å². The third-order valence-corrected chi connectivity index (χ3v) is 7.95. The van der Waals surface area contributed by atoms with E-state index in [2.05, 4.69) is 6.07 Å². The van der Waals surface area contributed by atoms with E-state index in [1.165, 1.54) is 23.9 Å². The quantitative estimate of drug-likeness (QED) is 0.481. The topological polar surface area (TPSA) is 122 Å². The summed E-state index contributed by atoms with van der Waals surface area (Å²) in [5, 5.41) is 9.94. The number of aromatic nitrogens is 1. The van der Waals surface area contributed by atoms with Crippen LogP contribution in [0.3, 0.4) is 0 Å². The van der Waals surface area contributed by atoms with E-state index >= 15 is 0 Å². The summed E-state index contributed by atoms with van der Waals surface area (Å²) in [4.78, 5) is 26.6. The molecule has 1 atom stereocenters. The number of nitrogens with zero attached hydrogens (tertiary/aromatic N) is 2. The van der Waals surface area contributed by atoms with Crippen LogP contribution in [0.15, 0.2) is 35.3 Å². The minimum atomic E-state index is -2.57. The van der Waals surface area contributed by atoms with E-state index in [-0.39, 0.29) is 17.4 Å². The highest BCUT2D eigenvalue weighted by Gasteiger charge is 2.33. The molecule has 190 valence electrons. The maximum atomic E-state index is 13.3. The molecule has 2 heterocycles. The van der Waals surface area contributed by atoms with Gasteiger partial charge in [0.2, 0.25) is 0 Å². The molecule has 1 aliphatic heterocycles. The number of methoxy groups -OCH3 is 1. The summed E-state index contributed by atoms with van der Waals surface area (Å²) >= 11 is 6.14. The Morgan fingerprint density at radius 3 is 2.49 bits per heavy atom. The average Bonchev–Trinajstić information content (AvgIpc) is 2.77. The highest BCUT2D eigenvalue weighted by atomic mass is 35.5. The molecule has 0 radical (unpaired) electrons. The first-order valence-corrected chi connectivity index (χ1v) is 13.6. The van der Waals surface area contributed by atoms with Crippen molar-refractivity contribution in [1.29, 1.82) is 5.26 Å². The molecule has 35 heavy (non-hydrogen) atoms. The van der Waals surface area contributed by atoms with E-state index < -0.39 is 33.8 Å². The molecule has 0 aliphatic carbocycles.